The Labute approximate surface area is 277 Å². The average Bonchev–Trinajstić information content (AvgIpc) is 3.65. The van der Waals surface area contributed by atoms with Crippen LogP contribution in [0.2, 0.25) is 0 Å². The maximum Gasteiger partial charge on any atom is 0.407 e. The van der Waals surface area contributed by atoms with Gasteiger partial charge in [0.05, 0.1) is 24.0 Å². The fraction of sp³-hybridized carbons (Fsp3) is 0.371. The number of imidazole rings is 1. The summed E-state index contributed by atoms with van der Waals surface area (Å²) in [5, 5.41) is 22.8. The zero-order valence-electron chi connectivity index (χ0n) is 27.5. The number of likely N-dealkylation sites (tertiary alicyclic amines) is 1. The molecule has 0 bridgehead atoms. The molecule has 250 valence electrons. The Hall–Kier alpha value is -5.30. The molecule has 3 aromatic heterocycles. The Morgan fingerprint density at radius 2 is 1.75 bits per heavy atom. The second-order valence-corrected chi connectivity index (χ2v) is 13.2. The number of hydrogen-bond acceptors (Lipinski definition) is 9. The van der Waals surface area contributed by atoms with Crippen LogP contribution in [0.3, 0.4) is 0 Å². The number of amides is 2. The number of ether oxygens (including phenoxy) is 1. The third-order valence-corrected chi connectivity index (χ3v) is 8.39. The third-order valence-electron chi connectivity index (χ3n) is 8.39. The highest BCUT2D eigenvalue weighted by Gasteiger charge is 2.36. The van der Waals surface area contributed by atoms with Crippen molar-refractivity contribution in [1.29, 1.82) is 0 Å². The lowest BCUT2D eigenvalue weighted by molar-refractivity contribution is -0.0301. The predicted octanol–water partition coefficient (Wildman–Crippen LogP) is 4.14. The van der Waals surface area contributed by atoms with Crippen LogP contribution in [0.1, 0.15) is 66.6 Å². The number of rotatable bonds is 8. The Morgan fingerprint density at radius 1 is 1.04 bits per heavy atom. The summed E-state index contributed by atoms with van der Waals surface area (Å²) < 4.78 is 13.5. The van der Waals surface area contributed by atoms with Crippen molar-refractivity contribution >= 4 is 17.6 Å². The molecule has 0 saturated carbocycles. The summed E-state index contributed by atoms with van der Waals surface area (Å²) in [4.78, 5) is 45.0. The smallest absolute Gasteiger partial charge is 0.407 e. The zero-order chi connectivity index (χ0) is 34.1. The largest absolute Gasteiger partial charge is 0.444 e. The molecule has 2 amide bonds. The topological polar surface area (TPSA) is 157 Å². The van der Waals surface area contributed by atoms with Crippen LogP contribution in [0.15, 0.2) is 76.4 Å². The summed E-state index contributed by atoms with van der Waals surface area (Å²) in [6.45, 7) is 8.09. The molecule has 1 aliphatic heterocycles. The lowest BCUT2D eigenvalue weighted by atomic mass is 9.90. The van der Waals surface area contributed by atoms with Crippen molar-refractivity contribution < 1.29 is 24.0 Å². The fourth-order valence-electron chi connectivity index (χ4n) is 5.86. The van der Waals surface area contributed by atoms with Crippen LogP contribution in [0.5, 0.6) is 0 Å². The summed E-state index contributed by atoms with van der Waals surface area (Å²) in [5.41, 5.74) is 2.31. The third kappa shape index (κ3) is 7.15. The van der Waals surface area contributed by atoms with Gasteiger partial charge >= 0.3 is 6.09 Å². The van der Waals surface area contributed by atoms with E-state index in [2.05, 4.69) is 20.6 Å². The number of carbonyl (C=O) groups excluding carboxylic acids is 2. The molecule has 2 aromatic carbocycles. The van der Waals surface area contributed by atoms with Crippen LogP contribution < -0.4 is 10.9 Å². The SMILES string of the molecule is Cc1onc(Cc2ccccc2)c1C(=O)N1CCC(O)(Cn2cnn3c(-c4ccc(CNC(=O)OC(C)(C)C)cc4)cnc3c2=O)CC1. The first-order valence-corrected chi connectivity index (χ1v) is 15.9. The molecule has 0 spiro atoms. The Kier molecular flexibility index (Phi) is 8.89. The first kappa shape index (κ1) is 32.6. The molecule has 48 heavy (non-hydrogen) atoms. The van der Waals surface area contributed by atoms with Gasteiger partial charge in [-0.2, -0.15) is 5.10 Å². The molecule has 0 aliphatic carbocycles. The van der Waals surface area contributed by atoms with E-state index in [1.165, 1.54) is 15.4 Å². The standard InChI is InChI=1S/C35H39N7O6/c1-23-29(27(39-48-23)18-24-8-6-5-7-9-24)31(43)40-16-14-35(46,15-17-40)21-41-22-38-42-28(20-36-30(42)32(41)44)26-12-10-25(11-13-26)19-37-33(45)47-34(2,3)4/h5-13,20,22,46H,14-19,21H2,1-4H3,(H,37,45). The highest BCUT2D eigenvalue weighted by Crippen LogP contribution is 2.27. The van der Waals surface area contributed by atoms with E-state index in [0.29, 0.717) is 48.8 Å². The van der Waals surface area contributed by atoms with Gasteiger partial charge in [-0.15, -0.1) is 0 Å². The number of nitrogens with one attached hydrogen (secondary N) is 1. The lowest BCUT2D eigenvalue weighted by Crippen LogP contribution is -2.50. The molecule has 0 unspecified atom stereocenters. The molecule has 2 N–H and O–H groups in total. The predicted molar refractivity (Wildman–Crippen MR) is 176 cm³/mol. The number of alkyl carbamates (subject to hydrolysis) is 1. The summed E-state index contributed by atoms with van der Waals surface area (Å²) in [5.74, 6) is 0.280. The summed E-state index contributed by atoms with van der Waals surface area (Å²) in [7, 11) is 0. The van der Waals surface area contributed by atoms with Gasteiger partial charge in [-0.05, 0) is 51.7 Å². The average molecular weight is 654 g/mol. The minimum absolute atomic E-state index is 0.0183. The lowest BCUT2D eigenvalue weighted by Gasteiger charge is -2.38. The minimum Gasteiger partial charge on any atom is -0.444 e. The number of hydrogen-bond donors (Lipinski definition) is 2. The van der Waals surface area contributed by atoms with Gasteiger partial charge < -0.3 is 24.6 Å². The van der Waals surface area contributed by atoms with E-state index in [9.17, 15) is 19.5 Å². The molecule has 1 aliphatic rings. The number of benzene rings is 2. The quantitative estimate of drug-likeness (QED) is 0.251. The normalized spacial score (nSPS) is 14.6. The molecule has 6 rings (SSSR count). The maximum atomic E-state index is 13.6. The molecular formula is C35H39N7O6. The van der Waals surface area contributed by atoms with E-state index in [1.54, 1.807) is 38.8 Å². The fourth-order valence-corrected chi connectivity index (χ4v) is 5.86. The summed E-state index contributed by atoms with van der Waals surface area (Å²) in [6, 6.07) is 17.2. The van der Waals surface area contributed by atoms with E-state index in [-0.39, 0.29) is 36.5 Å². The number of aromatic nitrogens is 5. The van der Waals surface area contributed by atoms with Crippen LogP contribution in [0, 0.1) is 6.92 Å². The van der Waals surface area contributed by atoms with Gasteiger partial charge in [-0.25, -0.2) is 14.3 Å². The molecular weight excluding hydrogens is 614 g/mol. The van der Waals surface area contributed by atoms with Crippen molar-refractivity contribution in [1.82, 2.24) is 34.5 Å². The van der Waals surface area contributed by atoms with Crippen LogP contribution in [0.25, 0.3) is 16.9 Å². The van der Waals surface area contributed by atoms with Crippen molar-refractivity contribution in [3.05, 3.63) is 106 Å². The molecule has 5 aromatic rings. The van der Waals surface area contributed by atoms with Gasteiger partial charge in [0.15, 0.2) is 0 Å². The summed E-state index contributed by atoms with van der Waals surface area (Å²) in [6.07, 6.45) is 3.54. The Bertz CT molecular complexity index is 1980. The number of nitrogens with zero attached hydrogens (tertiary/aromatic N) is 6. The summed E-state index contributed by atoms with van der Waals surface area (Å²) >= 11 is 0. The van der Waals surface area contributed by atoms with Crippen molar-refractivity contribution in [3.8, 4) is 11.3 Å². The molecule has 1 saturated heterocycles. The number of aryl methyl sites for hydroxylation is 1. The van der Waals surface area contributed by atoms with Crippen LogP contribution >= 0.6 is 0 Å². The first-order chi connectivity index (χ1) is 22.9. The number of piperidine rings is 1. The molecule has 0 radical (unpaired) electrons. The first-order valence-electron chi connectivity index (χ1n) is 15.9. The van der Waals surface area contributed by atoms with E-state index in [4.69, 9.17) is 9.26 Å². The van der Waals surface area contributed by atoms with E-state index in [0.717, 1.165) is 16.7 Å². The van der Waals surface area contributed by atoms with Gasteiger partial charge in [0.2, 0.25) is 5.65 Å². The monoisotopic (exact) mass is 653 g/mol. The van der Waals surface area contributed by atoms with Gasteiger partial charge in [-0.1, -0.05) is 59.8 Å². The second kappa shape index (κ2) is 13.1. The van der Waals surface area contributed by atoms with E-state index in [1.807, 2.05) is 54.6 Å². The molecule has 1 fully saturated rings. The van der Waals surface area contributed by atoms with Gasteiger partial charge in [0.25, 0.3) is 11.5 Å². The van der Waals surface area contributed by atoms with E-state index < -0.39 is 17.3 Å². The number of aliphatic hydroxyl groups is 1. The molecule has 0 atom stereocenters. The highest BCUT2D eigenvalue weighted by atomic mass is 16.6. The van der Waals surface area contributed by atoms with Crippen molar-refractivity contribution in [2.24, 2.45) is 0 Å². The van der Waals surface area contributed by atoms with Gasteiger partial charge in [-0.3, -0.25) is 14.2 Å². The molecule has 4 heterocycles. The zero-order valence-corrected chi connectivity index (χ0v) is 27.5. The van der Waals surface area contributed by atoms with Gasteiger partial charge in [0, 0.05) is 31.6 Å². The Balaban J connectivity index is 1.10. The van der Waals surface area contributed by atoms with Crippen LogP contribution in [-0.4, -0.2) is 70.6 Å². The van der Waals surface area contributed by atoms with Crippen molar-refractivity contribution in [2.75, 3.05) is 13.1 Å². The highest BCUT2D eigenvalue weighted by molar-refractivity contribution is 5.96. The van der Waals surface area contributed by atoms with Crippen LogP contribution in [0.4, 0.5) is 4.79 Å². The second-order valence-electron chi connectivity index (χ2n) is 13.2. The molecule has 13 heteroatoms. The van der Waals surface area contributed by atoms with E-state index >= 15 is 0 Å². The molecule has 13 nitrogen and oxygen atoms in total. The van der Waals surface area contributed by atoms with Crippen LogP contribution in [-0.2, 0) is 24.2 Å². The number of fused-ring (bicyclic) bond motifs is 1. The Morgan fingerprint density at radius 3 is 2.44 bits per heavy atom. The van der Waals surface area contributed by atoms with Crippen molar-refractivity contribution in [2.45, 2.75) is 71.2 Å². The maximum absolute atomic E-state index is 13.6. The van der Waals surface area contributed by atoms with Gasteiger partial charge in [0.1, 0.15) is 28.9 Å². The number of carbonyl (C=O) groups is 2. The minimum atomic E-state index is -1.21. The van der Waals surface area contributed by atoms with Crippen molar-refractivity contribution in [3.63, 3.8) is 0 Å².